The molecule has 1 N–H and O–H groups in total. The Hall–Kier alpha value is -0.120. The second-order valence-electron chi connectivity index (χ2n) is 4.71. The molecular weight excluding hydrogens is 166 g/mol. The molecule has 2 aliphatic heterocycles. The first-order chi connectivity index (χ1) is 6.17. The van der Waals surface area contributed by atoms with Crippen LogP contribution < -0.4 is 5.32 Å². The zero-order valence-corrected chi connectivity index (χ0v) is 8.51. The molecule has 0 bridgehead atoms. The first kappa shape index (κ1) is 9.44. The molecule has 1 atom stereocenters. The van der Waals surface area contributed by atoms with Crippen molar-refractivity contribution >= 4 is 0 Å². The molecule has 0 radical (unpaired) electrons. The van der Waals surface area contributed by atoms with Gasteiger partial charge in [0.15, 0.2) is 0 Å². The fraction of sp³-hybridized carbons (Fsp3) is 1.00. The van der Waals surface area contributed by atoms with Crippen LogP contribution in [0, 0.1) is 5.92 Å². The maximum atomic E-state index is 5.74. The fourth-order valence-corrected chi connectivity index (χ4v) is 2.04. The van der Waals surface area contributed by atoms with Gasteiger partial charge in [0, 0.05) is 24.7 Å². The zero-order valence-electron chi connectivity index (χ0n) is 8.51. The molecule has 0 saturated carbocycles. The second kappa shape index (κ2) is 3.56. The molecule has 0 amide bonds. The van der Waals surface area contributed by atoms with Gasteiger partial charge in [0.1, 0.15) is 6.23 Å². The van der Waals surface area contributed by atoms with E-state index in [0.717, 1.165) is 32.7 Å². The Kier molecular flexibility index (Phi) is 2.58. The van der Waals surface area contributed by atoms with Crippen molar-refractivity contribution < 1.29 is 9.47 Å². The summed E-state index contributed by atoms with van der Waals surface area (Å²) in [6.07, 6.45) is 2.53. The van der Waals surface area contributed by atoms with E-state index in [-0.39, 0.29) is 11.8 Å². The lowest BCUT2D eigenvalue weighted by Crippen LogP contribution is -2.43. The molecule has 3 heteroatoms. The van der Waals surface area contributed by atoms with E-state index < -0.39 is 0 Å². The molecule has 1 unspecified atom stereocenters. The molecule has 2 fully saturated rings. The summed E-state index contributed by atoms with van der Waals surface area (Å²) in [6.45, 7) is 6.99. The molecule has 0 aromatic carbocycles. The lowest BCUT2D eigenvalue weighted by atomic mass is 9.97. The Morgan fingerprint density at radius 2 is 1.92 bits per heavy atom. The predicted molar refractivity (Wildman–Crippen MR) is 50.5 cm³/mol. The largest absolute Gasteiger partial charge is 0.381 e. The Morgan fingerprint density at radius 1 is 1.23 bits per heavy atom. The van der Waals surface area contributed by atoms with E-state index in [1.54, 1.807) is 0 Å². The Bertz CT molecular complexity index is 176. The van der Waals surface area contributed by atoms with Crippen LogP contribution in [-0.4, -0.2) is 31.6 Å². The van der Waals surface area contributed by atoms with Crippen LogP contribution in [0.15, 0.2) is 0 Å². The molecule has 76 valence electrons. The van der Waals surface area contributed by atoms with E-state index in [2.05, 4.69) is 19.2 Å². The summed E-state index contributed by atoms with van der Waals surface area (Å²) < 4.78 is 11.1. The highest BCUT2D eigenvalue weighted by Gasteiger charge is 2.36. The van der Waals surface area contributed by atoms with Crippen molar-refractivity contribution in [3.8, 4) is 0 Å². The highest BCUT2D eigenvalue weighted by Crippen LogP contribution is 2.25. The summed E-state index contributed by atoms with van der Waals surface area (Å²) in [7, 11) is 0. The highest BCUT2D eigenvalue weighted by atomic mass is 16.5. The summed E-state index contributed by atoms with van der Waals surface area (Å²) in [5.41, 5.74) is 0.156. The average Bonchev–Trinajstić information content (AvgIpc) is 2.48. The smallest absolute Gasteiger partial charge is 0.111 e. The number of hydrogen-bond donors (Lipinski definition) is 1. The third-order valence-corrected chi connectivity index (χ3v) is 2.85. The molecule has 0 spiro atoms. The molecule has 13 heavy (non-hydrogen) atoms. The lowest BCUT2D eigenvalue weighted by Gasteiger charge is -2.28. The summed E-state index contributed by atoms with van der Waals surface area (Å²) in [6, 6.07) is 0. The van der Waals surface area contributed by atoms with Gasteiger partial charge in [-0.1, -0.05) is 0 Å². The lowest BCUT2D eigenvalue weighted by molar-refractivity contribution is -0.0126. The topological polar surface area (TPSA) is 30.5 Å². The van der Waals surface area contributed by atoms with Crippen molar-refractivity contribution in [2.45, 2.75) is 38.5 Å². The number of nitrogens with one attached hydrogen (secondary N) is 1. The third-order valence-electron chi connectivity index (χ3n) is 2.85. The molecular formula is C10H19NO2. The standard InChI is InChI=1S/C10H19NO2/c1-10(2)7-13-9(11-10)8-3-5-12-6-4-8/h8-9,11H,3-7H2,1-2H3. The van der Waals surface area contributed by atoms with Crippen molar-refractivity contribution in [2.75, 3.05) is 19.8 Å². The van der Waals surface area contributed by atoms with Gasteiger partial charge in [-0.15, -0.1) is 0 Å². The van der Waals surface area contributed by atoms with Gasteiger partial charge in [0.25, 0.3) is 0 Å². The van der Waals surface area contributed by atoms with Crippen molar-refractivity contribution in [1.82, 2.24) is 5.32 Å². The van der Waals surface area contributed by atoms with Crippen LogP contribution in [0.4, 0.5) is 0 Å². The predicted octanol–water partition coefficient (Wildman–Crippen LogP) is 1.14. The van der Waals surface area contributed by atoms with Crippen molar-refractivity contribution in [3.05, 3.63) is 0 Å². The van der Waals surface area contributed by atoms with Crippen LogP contribution >= 0.6 is 0 Å². The second-order valence-corrected chi connectivity index (χ2v) is 4.71. The number of rotatable bonds is 1. The van der Waals surface area contributed by atoms with E-state index in [1.807, 2.05) is 0 Å². The molecule has 0 aromatic heterocycles. The minimum atomic E-state index is 0.156. The minimum absolute atomic E-state index is 0.156. The molecule has 2 heterocycles. The van der Waals surface area contributed by atoms with E-state index in [9.17, 15) is 0 Å². The van der Waals surface area contributed by atoms with Crippen LogP contribution in [0.25, 0.3) is 0 Å². The molecule has 2 saturated heterocycles. The molecule has 0 aliphatic carbocycles. The van der Waals surface area contributed by atoms with Gasteiger partial charge >= 0.3 is 0 Å². The maximum Gasteiger partial charge on any atom is 0.111 e. The van der Waals surface area contributed by atoms with E-state index in [1.165, 1.54) is 0 Å². The summed E-state index contributed by atoms with van der Waals surface area (Å²) in [5, 5.41) is 3.52. The van der Waals surface area contributed by atoms with Crippen molar-refractivity contribution in [2.24, 2.45) is 5.92 Å². The van der Waals surface area contributed by atoms with Crippen molar-refractivity contribution in [1.29, 1.82) is 0 Å². The van der Waals surface area contributed by atoms with Gasteiger partial charge in [0.05, 0.1) is 6.61 Å². The van der Waals surface area contributed by atoms with Crippen LogP contribution in [0.5, 0.6) is 0 Å². The summed E-state index contributed by atoms with van der Waals surface area (Å²) in [5.74, 6) is 0.649. The fourth-order valence-electron chi connectivity index (χ4n) is 2.04. The Balaban J connectivity index is 1.87. The first-order valence-corrected chi connectivity index (χ1v) is 5.14. The third kappa shape index (κ3) is 2.22. The van der Waals surface area contributed by atoms with Gasteiger partial charge in [-0.3, -0.25) is 5.32 Å². The highest BCUT2D eigenvalue weighted by molar-refractivity contribution is 4.88. The average molecular weight is 185 g/mol. The minimum Gasteiger partial charge on any atom is -0.381 e. The first-order valence-electron chi connectivity index (χ1n) is 5.14. The SMILES string of the molecule is CC1(C)COC(C2CCOCC2)N1. The monoisotopic (exact) mass is 185 g/mol. The van der Waals surface area contributed by atoms with E-state index in [4.69, 9.17) is 9.47 Å². The Morgan fingerprint density at radius 3 is 2.46 bits per heavy atom. The van der Waals surface area contributed by atoms with Crippen LogP contribution in [0.1, 0.15) is 26.7 Å². The van der Waals surface area contributed by atoms with Gasteiger partial charge in [-0.25, -0.2) is 0 Å². The molecule has 3 nitrogen and oxygen atoms in total. The number of hydrogen-bond acceptors (Lipinski definition) is 3. The van der Waals surface area contributed by atoms with Gasteiger partial charge in [-0.05, 0) is 26.7 Å². The zero-order chi connectivity index (χ0) is 9.31. The molecule has 2 rings (SSSR count). The van der Waals surface area contributed by atoms with E-state index >= 15 is 0 Å². The number of ether oxygens (including phenoxy) is 2. The quantitative estimate of drug-likeness (QED) is 0.664. The van der Waals surface area contributed by atoms with Crippen LogP contribution in [-0.2, 0) is 9.47 Å². The van der Waals surface area contributed by atoms with Gasteiger partial charge in [-0.2, -0.15) is 0 Å². The van der Waals surface area contributed by atoms with Crippen molar-refractivity contribution in [3.63, 3.8) is 0 Å². The summed E-state index contributed by atoms with van der Waals surface area (Å²) in [4.78, 5) is 0. The van der Waals surface area contributed by atoms with Crippen LogP contribution in [0.2, 0.25) is 0 Å². The molecule has 0 aromatic rings. The van der Waals surface area contributed by atoms with Gasteiger partial charge in [0.2, 0.25) is 0 Å². The van der Waals surface area contributed by atoms with E-state index in [0.29, 0.717) is 5.92 Å². The van der Waals surface area contributed by atoms with Crippen LogP contribution in [0.3, 0.4) is 0 Å². The summed E-state index contributed by atoms with van der Waals surface area (Å²) >= 11 is 0. The maximum absolute atomic E-state index is 5.74. The van der Waals surface area contributed by atoms with Gasteiger partial charge < -0.3 is 9.47 Å². The Labute approximate surface area is 79.8 Å². The molecule has 2 aliphatic rings. The normalized spacial score (nSPS) is 35.1.